The third-order valence-corrected chi connectivity index (χ3v) is 5.60. The molecule has 2 aromatic rings. The van der Waals surface area contributed by atoms with Crippen LogP contribution in [0, 0.1) is 5.82 Å². The molecule has 2 aromatic carbocycles. The van der Waals surface area contributed by atoms with Crippen LogP contribution in [0.1, 0.15) is 24.8 Å². The van der Waals surface area contributed by atoms with Gasteiger partial charge in [0.2, 0.25) is 15.9 Å². The number of hydrogen-bond acceptors (Lipinski definition) is 4. The molecule has 0 fully saturated rings. The molecule has 8 heteroatoms. The Labute approximate surface area is 171 Å². The molecule has 0 heterocycles. The molecule has 0 aliphatic heterocycles. The SMILES string of the molecule is COc1ccc(CCCNC(=O)CCCN(c2ccc(F)cc2)S(C)(=O)=O)cc1. The number of hydrogen-bond donors (Lipinski definition) is 1. The number of halogens is 1. The fraction of sp³-hybridized carbons (Fsp3) is 0.381. The minimum absolute atomic E-state index is 0.118. The lowest BCUT2D eigenvalue weighted by Crippen LogP contribution is -2.32. The first-order valence-electron chi connectivity index (χ1n) is 9.42. The molecule has 0 aliphatic carbocycles. The number of methoxy groups -OCH3 is 1. The van der Waals surface area contributed by atoms with Crippen LogP contribution in [0.4, 0.5) is 10.1 Å². The van der Waals surface area contributed by atoms with Crippen LogP contribution in [-0.2, 0) is 21.2 Å². The molecule has 29 heavy (non-hydrogen) atoms. The minimum Gasteiger partial charge on any atom is -0.497 e. The Morgan fingerprint density at radius 3 is 2.31 bits per heavy atom. The Morgan fingerprint density at radius 1 is 1.07 bits per heavy atom. The van der Waals surface area contributed by atoms with Gasteiger partial charge in [0.1, 0.15) is 11.6 Å². The van der Waals surface area contributed by atoms with Gasteiger partial charge in [-0.15, -0.1) is 0 Å². The average molecular weight is 423 g/mol. The Hall–Kier alpha value is -2.61. The van der Waals surface area contributed by atoms with Gasteiger partial charge in [-0.25, -0.2) is 12.8 Å². The summed E-state index contributed by atoms with van der Waals surface area (Å²) < 4.78 is 43.4. The third kappa shape index (κ3) is 7.73. The van der Waals surface area contributed by atoms with Gasteiger partial charge in [-0.05, 0) is 61.2 Å². The number of carbonyl (C=O) groups is 1. The van der Waals surface area contributed by atoms with E-state index in [0.717, 1.165) is 24.8 Å². The van der Waals surface area contributed by atoms with Crippen molar-refractivity contribution in [1.29, 1.82) is 0 Å². The lowest BCUT2D eigenvalue weighted by molar-refractivity contribution is -0.121. The van der Waals surface area contributed by atoms with E-state index in [-0.39, 0.29) is 18.9 Å². The first kappa shape index (κ1) is 22.7. The largest absolute Gasteiger partial charge is 0.497 e. The molecular formula is C21H27FN2O4S. The Bertz CT molecular complexity index is 884. The van der Waals surface area contributed by atoms with E-state index in [4.69, 9.17) is 4.74 Å². The number of carbonyl (C=O) groups excluding carboxylic acids is 1. The molecule has 1 N–H and O–H groups in total. The zero-order valence-electron chi connectivity index (χ0n) is 16.7. The number of benzene rings is 2. The molecule has 6 nitrogen and oxygen atoms in total. The Morgan fingerprint density at radius 2 is 1.72 bits per heavy atom. The summed E-state index contributed by atoms with van der Waals surface area (Å²) in [5, 5.41) is 2.85. The lowest BCUT2D eigenvalue weighted by Gasteiger charge is -2.22. The van der Waals surface area contributed by atoms with E-state index in [1.54, 1.807) is 7.11 Å². The molecule has 0 spiro atoms. The molecule has 0 aromatic heterocycles. The van der Waals surface area contributed by atoms with Gasteiger partial charge in [0.15, 0.2) is 0 Å². The number of aryl methyl sites for hydroxylation is 1. The van der Waals surface area contributed by atoms with Crippen LogP contribution in [0.5, 0.6) is 5.75 Å². The summed E-state index contributed by atoms with van der Waals surface area (Å²) in [6.45, 7) is 0.711. The summed E-state index contributed by atoms with van der Waals surface area (Å²) >= 11 is 0. The topological polar surface area (TPSA) is 75.7 Å². The zero-order chi connectivity index (χ0) is 21.3. The van der Waals surface area contributed by atoms with Gasteiger partial charge in [0.25, 0.3) is 0 Å². The summed E-state index contributed by atoms with van der Waals surface area (Å²) in [6.07, 6.45) is 3.33. The number of anilines is 1. The monoisotopic (exact) mass is 422 g/mol. The van der Waals surface area contributed by atoms with Crippen molar-refractivity contribution in [2.24, 2.45) is 0 Å². The maximum Gasteiger partial charge on any atom is 0.232 e. The predicted molar refractivity (Wildman–Crippen MR) is 112 cm³/mol. The lowest BCUT2D eigenvalue weighted by atomic mass is 10.1. The smallest absolute Gasteiger partial charge is 0.232 e. The van der Waals surface area contributed by atoms with Crippen molar-refractivity contribution in [1.82, 2.24) is 5.32 Å². The van der Waals surface area contributed by atoms with Gasteiger partial charge in [0.05, 0.1) is 19.1 Å². The number of nitrogens with zero attached hydrogens (tertiary/aromatic N) is 1. The minimum atomic E-state index is -3.52. The number of nitrogens with one attached hydrogen (secondary N) is 1. The van der Waals surface area contributed by atoms with Crippen LogP contribution in [-0.4, -0.2) is 40.8 Å². The molecule has 2 rings (SSSR count). The van der Waals surface area contributed by atoms with Crippen LogP contribution in [0.25, 0.3) is 0 Å². The van der Waals surface area contributed by atoms with E-state index in [2.05, 4.69) is 5.32 Å². The first-order valence-corrected chi connectivity index (χ1v) is 11.3. The second-order valence-electron chi connectivity index (χ2n) is 6.72. The highest BCUT2D eigenvalue weighted by atomic mass is 32.2. The highest BCUT2D eigenvalue weighted by molar-refractivity contribution is 7.92. The van der Waals surface area contributed by atoms with Crippen molar-refractivity contribution in [3.63, 3.8) is 0 Å². The summed E-state index contributed by atoms with van der Waals surface area (Å²) in [5.41, 5.74) is 1.55. The van der Waals surface area contributed by atoms with Gasteiger partial charge in [-0.2, -0.15) is 0 Å². The Balaban J connectivity index is 1.72. The summed E-state index contributed by atoms with van der Waals surface area (Å²) in [6, 6.07) is 13.0. The molecule has 0 saturated carbocycles. The van der Waals surface area contributed by atoms with E-state index in [1.165, 1.54) is 34.1 Å². The highest BCUT2D eigenvalue weighted by Crippen LogP contribution is 2.18. The van der Waals surface area contributed by atoms with Crippen molar-refractivity contribution in [2.45, 2.75) is 25.7 Å². The molecule has 0 radical (unpaired) electrons. The normalized spacial score (nSPS) is 11.1. The molecule has 0 atom stereocenters. The standard InChI is InChI=1S/C21H27FN2O4S/c1-28-20-13-7-17(8-14-20)5-3-15-23-21(25)6-4-16-24(29(2,26)27)19-11-9-18(22)10-12-19/h7-14H,3-6,15-16H2,1-2H3,(H,23,25). The quantitative estimate of drug-likeness (QED) is 0.565. The third-order valence-electron chi connectivity index (χ3n) is 4.40. The average Bonchev–Trinajstić information content (AvgIpc) is 2.69. The van der Waals surface area contributed by atoms with E-state index < -0.39 is 15.8 Å². The fourth-order valence-electron chi connectivity index (χ4n) is 2.88. The maximum atomic E-state index is 13.1. The molecule has 0 aliphatic rings. The van der Waals surface area contributed by atoms with Gasteiger partial charge >= 0.3 is 0 Å². The predicted octanol–water partition coefficient (Wildman–Crippen LogP) is 3.13. The van der Waals surface area contributed by atoms with Crippen molar-refractivity contribution in [3.8, 4) is 5.75 Å². The van der Waals surface area contributed by atoms with E-state index in [0.29, 0.717) is 18.7 Å². The molecule has 0 bridgehead atoms. The van der Waals surface area contributed by atoms with Gasteiger partial charge in [-0.3, -0.25) is 9.10 Å². The van der Waals surface area contributed by atoms with E-state index in [9.17, 15) is 17.6 Å². The second kappa shape index (κ2) is 10.8. The van der Waals surface area contributed by atoms with Crippen molar-refractivity contribution in [2.75, 3.05) is 30.8 Å². The summed E-state index contributed by atoms with van der Waals surface area (Å²) in [7, 11) is -1.89. The summed E-state index contributed by atoms with van der Waals surface area (Å²) in [5.74, 6) is 0.259. The molecular weight excluding hydrogens is 395 g/mol. The molecule has 158 valence electrons. The van der Waals surface area contributed by atoms with Crippen LogP contribution >= 0.6 is 0 Å². The van der Waals surface area contributed by atoms with Gasteiger partial charge in [-0.1, -0.05) is 12.1 Å². The van der Waals surface area contributed by atoms with Crippen molar-refractivity contribution >= 4 is 21.6 Å². The summed E-state index contributed by atoms with van der Waals surface area (Å²) in [4.78, 5) is 12.0. The number of rotatable bonds is 11. The first-order chi connectivity index (χ1) is 13.8. The van der Waals surface area contributed by atoms with Crippen LogP contribution in [0.2, 0.25) is 0 Å². The van der Waals surface area contributed by atoms with Crippen molar-refractivity contribution in [3.05, 3.63) is 59.9 Å². The van der Waals surface area contributed by atoms with Gasteiger partial charge < -0.3 is 10.1 Å². The highest BCUT2D eigenvalue weighted by Gasteiger charge is 2.17. The number of amides is 1. The fourth-order valence-corrected chi connectivity index (χ4v) is 3.84. The maximum absolute atomic E-state index is 13.1. The van der Waals surface area contributed by atoms with Crippen LogP contribution in [0.15, 0.2) is 48.5 Å². The van der Waals surface area contributed by atoms with E-state index in [1.807, 2.05) is 24.3 Å². The van der Waals surface area contributed by atoms with Crippen molar-refractivity contribution < 1.29 is 22.3 Å². The van der Waals surface area contributed by atoms with Gasteiger partial charge in [0, 0.05) is 19.5 Å². The second-order valence-corrected chi connectivity index (χ2v) is 8.62. The molecule has 1 amide bonds. The number of sulfonamides is 1. The van der Waals surface area contributed by atoms with Crippen LogP contribution in [0.3, 0.4) is 0 Å². The molecule has 0 saturated heterocycles. The van der Waals surface area contributed by atoms with E-state index >= 15 is 0 Å². The van der Waals surface area contributed by atoms with Crippen LogP contribution < -0.4 is 14.4 Å². The Kier molecular flexibility index (Phi) is 8.45. The molecule has 0 unspecified atom stereocenters. The number of ether oxygens (including phenoxy) is 1. The zero-order valence-corrected chi connectivity index (χ0v) is 17.5.